The van der Waals surface area contributed by atoms with Crippen LogP contribution in [0.5, 0.6) is 0 Å². The van der Waals surface area contributed by atoms with Gasteiger partial charge < -0.3 is 0 Å². The van der Waals surface area contributed by atoms with Gasteiger partial charge in [-0.05, 0) is 23.3 Å². The van der Waals surface area contributed by atoms with Gasteiger partial charge in [-0.1, -0.05) is 78.9 Å². The van der Waals surface area contributed by atoms with E-state index in [2.05, 4.69) is 0 Å². The molecule has 0 bridgehead atoms. The first-order valence-electron chi connectivity index (χ1n) is 8.27. The third kappa shape index (κ3) is 2.12. The van der Waals surface area contributed by atoms with Crippen molar-refractivity contribution >= 4 is 23.3 Å². The summed E-state index contributed by atoms with van der Waals surface area (Å²) >= 11 is 0. The fourth-order valence-electron chi connectivity index (χ4n) is 3.48. The standard InChI is InChI=1S/C22H15NO3/c24-19-20(25)23(18-14-8-3-9-15-18)21(26)22(19,16-10-4-1-5-11-16)17-12-6-2-7-13-17/h1-15H. The molecule has 0 N–H and O–H groups in total. The quantitative estimate of drug-likeness (QED) is 0.418. The molecule has 4 rings (SSSR count). The number of carbonyl (C=O) groups is 3. The molecule has 0 spiro atoms. The summed E-state index contributed by atoms with van der Waals surface area (Å²) in [6.07, 6.45) is 0. The number of para-hydroxylation sites is 1. The van der Waals surface area contributed by atoms with Gasteiger partial charge in [0.25, 0.3) is 5.91 Å². The fourth-order valence-corrected chi connectivity index (χ4v) is 3.48. The Balaban J connectivity index is 1.99. The Bertz CT molecular complexity index is 942. The van der Waals surface area contributed by atoms with Crippen molar-refractivity contribution in [3.8, 4) is 0 Å². The van der Waals surface area contributed by atoms with Gasteiger partial charge in [-0.15, -0.1) is 0 Å². The number of anilines is 1. The molecule has 3 aromatic rings. The summed E-state index contributed by atoms with van der Waals surface area (Å²) in [7, 11) is 0. The van der Waals surface area contributed by atoms with Crippen molar-refractivity contribution < 1.29 is 14.4 Å². The van der Waals surface area contributed by atoms with Crippen molar-refractivity contribution in [2.45, 2.75) is 5.41 Å². The molecule has 26 heavy (non-hydrogen) atoms. The molecule has 1 aliphatic rings. The van der Waals surface area contributed by atoms with Crippen LogP contribution in [0.1, 0.15) is 11.1 Å². The van der Waals surface area contributed by atoms with Crippen LogP contribution in [-0.2, 0) is 19.8 Å². The van der Waals surface area contributed by atoms with Crippen LogP contribution >= 0.6 is 0 Å². The summed E-state index contributed by atoms with van der Waals surface area (Å²) in [5.74, 6) is -2.09. The molecule has 0 aromatic heterocycles. The van der Waals surface area contributed by atoms with E-state index in [-0.39, 0.29) is 0 Å². The predicted octanol–water partition coefficient (Wildman–Crippen LogP) is 3.12. The van der Waals surface area contributed by atoms with Crippen LogP contribution in [0.3, 0.4) is 0 Å². The van der Waals surface area contributed by atoms with E-state index >= 15 is 0 Å². The normalized spacial score (nSPS) is 16.2. The molecule has 126 valence electrons. The highest BCUT2D eigenvalue weighted by molar-refractivity contribution is 6.60. The third-order valence-corrected chi connectivity index (χ3v) is 4.69. The van der Waals surface area contributed by atoms with Crippen LogP contribution in [0.4, 0.5) is 5.69 Å². The summed E-state index contributed by atoms with van der Waals surface area (Å²) in [5.41, 5.74) is -0.277. The fraction of sp³-hybridized carbons (Fsp3) is 0.0455. The number of carbonyl (C=O) groups excluding carboxylic acids is 3. The Hall–Kier alpha value is -3.53. The largest absolute Gasteiger partial charge is 0.303 e. The average Bonchev–Trinajstić information content (AvgIpc) is 2.90. The van der Waals surface area contributed by atoms with Crippen molar-refractivity contribution in [1.29, 1.82) is 0 Å². The van der Waals surface area contributed by atoms with Crippen LogP contribution in [-0.4, -0.2) is 17.6 Å². The Kier molecular flexibility index (Phi) is 3.73. The van der Waals surface area contributed by atoms with E-state index in [1.807, 2.05) is 12.1 Å². The van der Waals surface area contributed by atoms with E-state index in [0.717, 1.165) is 4.90 Å². The van der Waals surface area contributed by atoms with E-state index in [9.17, 15) is 14.4 Å². The second-order valence-corrected chi connectivity index (χ2v) is 6.09. The first-order chi connectivity index (χ1) is 12.7. The summed E-state index contributed by atoms with van der Waals surface area (Å²) in [6.45, 7) is 0. The first kappa shape index (κ1) is 16.0. The highest BCUT2D eigenvalue weighted by Gasteiger charge is 2.61. The van der Waals surface area contributed by atoms with Crippen LogP contribution in [0.15, 0.2) is 91.0 Å². The number of imide groups is 1. The van der Waals surface area contributed by atoms with Gasteiger partial charge in [-0.25, -0.2) is 4.90 Å². The molecule has 0 unspecified atom stereocenters. The molecular weight excluding hydrogens is 326 g/mol. The van der Waals surface area contributed by atoms with Gasteiger partial charge in [0, 0.05) is 0 Å². The molecule has 4 heteroatoms. The minimum Gasteiger partial charge on any atom is -0.287 e. The molecule has 3 aromatic carbocycles. The van der Waals surface area contributed by atoms with Crippen LogP contribution < -0.4 is 4.90 Å². The van der Waals surface area contributed by atoms with Gasteiger partial charge in [-0.3, -0.25) is 14.4 Å². The minimum absolute atomic E-state index is 0.393. The maximum atomic E-state index is 13.5. The van der Waals surface area contributed by atoms with Gasteiger partial charge in [0.05, 0.1) is 5.69 Å². The molecule has 0 radical (unpaired) electrons. The van der Waals surface area contributed by atoms with Crippen molar-refractivity contribution in [2.24, 2.45) is 0 Å². The predicted molar refractivity (Wildman–Crippen MR) is 97.6 cm³/mol. The Morgan fingerprint density at radius 2 is 1.00 bits per heavy atom. The number of hydrogen-bond donors (Lipinski definition) is 0. The zero-order chi connectivity index (χ0) is 18.1. The van der Waals surface area contributed by atoms with Crippen molar-refractivity contribution in [3.05, 3.63) is 102 Å². The second kappa shape index (κ2) is 6.08. The number of Topliss-reactive ketones (excluding diaryl/α,β-unsaturated/α-hetero) is 1. The number of nitrogens with zero attached hydrogens (tertiary/aromatic N) is 1. The van der Waals surface area contributed by atoms with Gasteiger partial charge in [-0.2, -0.15) is 0 Å². The van der Waals surface area contributed by atoms with Gasteiger partial charge >= 0.3 is 5.91 Å². The minimum atomic E-state index is -1.66. The van der Waals surface area contributed by atoms with Gasteiger partial charge in [0.1, 0.15) is 0 Å². The summed E-state index contributed by atoms with van der Waals surface area (Å²) in [5, 5.41) is 0. The van der Waals surface area contributed by atoms with Crippen LogP contribution in [0, 0.1) is 0 Å². The molecular formula is C22H15NO3. The van der Waals surface area contributed by atoms with Crippen molar-refractivity contribution in [3.63, 3.8) is 0 Å². The summed E-state index contributed by atoms with van der Waals surface area (Å²) in [4.78, 5) is 40.6. The summed E-state index contributed by atoms with van der Waals surface area (Å²) in [6, 6.07) is 26.0. The SMILES string of the molecule is O=C1C(=O)C(c2ccccc2)(c2ccccc2)C(=O)N1c1ccccc1. The summed E-state index contributed by atoms with van der Waals surface area (Å²) < 4.78 is 0. The monoisotopic (exact) mass is 341 g/mol. The van der Waals surface area contributed by atoms with Crippen molar-refractivity contribution in [1.82, 2.24) is 0 Å². The van der Waals surface area contributed by atoms with Gasteiger partial charge in [0.2, 0.25) is 5.78 Å². The topological polar surface area (TPSA) is 54.5 Å². The molecule has 0 atom stereocenters. The second-order valence-electron chi connectivity index (χ2n) is 6.09. The highest BCUT2D eigenvalue weighted by Crippen LogP contribution is 2.41. The molecule has 1 fully saturated rings. The van der Waals surface area contributed by atoms with E-state index in [4.69, 9.17) is 0 Å². The highest BCUT2D eigenvalue weighted by atomic mass is 16.2. The Morgan fingerprint density at radius 1 is 0.577 bits per heavy atom. The van der Waals surface area contributed by atoms with Gasteiger partial charge in [0.15, 0.2) is 5.41 Å². The number of amides is 2. The number of benzene rings is 3. The van der Waals surface area contributed by atoms with Crippen LogP contribution in [0.2, 0.25) is 0 Å². The molecule has 0 aliphatic carbocycles. The van der Waals surface area contributed by atoms with E-state index in [1.165, 1.54) is 0 Å². The molecule has 0 saturated carbocycles. The maximum absolute atomic E-state index is 13.5. The molecule has 1 heterocycles. The molecule has 1 aliphatic heterocycles. The zero-order valence-corrected chi connectivity index (χ0v) is 13.8. The van der Waals surface area contributed by atoms with E-state index < -0.39 is 23.0 Å². The Morgan fingerprint density at radius 3 is 1.46 bits per heavy atom. The molecule has 4 nitrogen and oxygen atoms in total. The zero-order valence-electron chi connectivity index (χ0n) is 13.8. The third-order valence-electron chi connectivity index (χ3n) is 4.69. The van der Waals surface area contributed by atoms with E-state index in [1.54, 1.807) is 78.9 Å². The smallest absolute Gasteiger partial charge is 0.287 e. The number of ketones is 1. The molecule has 2 amide bonds. The Labute approximate surface area is 150 Å². The lowest BCUT2D eigenvalue weighted by molar-refractivity contribution is -0.136. The van der Waals surface area contributed by atoms with Crippen molar-refractivity contribution in [2.75, 3.05) is 4.90 Å². The first-order valence-corrected chi connectivity index (χ1v) is 8.27. The average molecular weight is 341 g/mol. The molecule has 1 saturated heterocycles. The van der Waals surface area contributed by atoms with Crippen LogP contribution in [0.25, 0.3) is 0 Å². The number of rotatable bonds is 3. The maximum Gasteiger partial charge on any atom is 0.303 e. The van der Waals surface area contributed by atoms with E-state index in [0.29, 0.717) is 16.8 Å². The number of hydrogen-bond acceptors (Lipinski definition) is 3. The lowest BCUT2D eigenvalue weighted by Gasteiger charge is -2.26. The lowest BCUT2D eigenvalue weighted by Crippen LogP contribution is -2.42. The lowest BCUT2D eigenvalue weighted by atomic mass is 9.72.